The van der Waals surface area contributed by atoms with Crippen LogP contribution in [-0.2, 0) is 26.2 Å². The Morgan fingerprint density at radius 3 is 2.50 bits per heavy atom. The quantitative estimate of drug-likeness (QED) is 0.439. The number of ether oxygens (including phenoxy) is 3. The Labute approximate surface area is 173 Å². The molecule has 10 heteroatoms. The average molecular weight is 441 g/mol. The Hall–Kier alpha value is -2.98. The molecule has 0 saturated heterocycles. The van der Waals surface area contributed by atoms with Crippen LogP contribution in [0.5, 0.6) is 11.5 Å². The third-order valence-electron chi connectivity index (χ3n) is 3.87. The second-order valence-electron chi connectivity index (χ2n) is 6.16. The van der Waals surface area contributed by atoms with Gasteiger partial charge in [0.05, 0.1) is 12.0 Å². The Balaban J connectivity index is 2.02. The van der Waals surface area contributed by atoms with Crippen LogP contribution in [0.15, 0.2) is 53.4 Å². The van der Waals surface area contributed by atoms with Crippen molar-refractivity contribution in [2.75, 3.05) is 21.2 Å². The molecule has 0 aliphatic heterocycles. The first-order valence-electron chi connectivity index (χ1n) is 8.62. The highest BCUT2D eigenvalue weighted by atomic mass is 32.2. The Kier molecular flexibility index (Phi) is 7.90. The topological polar surface area (TPSA) is 82.1 Å². The summed E-state index contributed by atoms with van der Waals surface area (Å²) in [6, 6.07) is 10.3. The molecule has 30 heavy (non-hydrogen) atoms. The molecule has 0 aliphatic rings. The molecular weight excluding hydrogens is 420 g/mol. The van der Waals surface area contributed by atoms with E-state index >= 15 is 0 Å². The summed E-state index contributed by atoms with van der Waals surface area (Å²) in [5, 5.41) is 0. The molecule has 0 N–H and O–H groups in total. The summed E-state index contributed by atoms with van der Waals surface area (Å²) in [5.41, 5.74) is 1.01. The van der Waals surface area contributed by atoms with Crippen molar-refractivity contribution < 1.29 is 36.2 Å². The normalized spacial score (nSPS) is 11.8. The standard InChI is InChI=1S/C20H21F2NO6S/c1-23(2)30(25,26)16-6-4-5-15(11-16)13-28-19(24)10-8-14-7-9-17(29-20(21)22)18(12-14)27-3/h4-12,20H,13H2,1-3H3. The molecule has 0 unspecified atom stereocenters. The van der Waals surface area contributed by atoms with Gasteiger partial charge in [0.25, 0.3) is 0 Å². The molecule has 0 atom stereocenters. The van der Waals surface area contributed by atoms with Gasteiger partial charge in [-0.2, -0.15) is 8.78 Å². The van der Waals surface area contributed by atoms with E-state index in [9.17, 15) is 22.0 Å². The van der Waals surface area contributed by atoms with Gasteiger partial charge in [-0.3, -0.25) is 0 Å². The summed E-state index contributed by atoms with van der Waals surface area (Å²) in [6.45, 7) is -3.11. The van der Waals surface area contributed by atoms with E-state index in [4.69, 9.17) is 9.47 Å². The summed E-state index contributed by atoms with van der Waals surface area (Å²) in [6.07, 6.45) is 2.58. The number of benzene rings is 2. The fourth-order valence-corrected chi connectivity index (χ4v) is 3.33. The molecule has 0 heterocycles. The van der Waals surface area contributed by atoms with Crippen LogP contribution in [0.25, 0.3) is 6.08 Å². The number of nitrogens with zero attached hydrogens (tertiary/aromatic N) is 1. The molecule has 0 saturated carbocycles. The van der Waals surface area contributed by atoms with Crippen molar-refractivity contribution in [3.8, 4) is 11.5 Å². The van der Waals surface area contributed by atoms with E-state index in [0.29, 0.717) is 11.1 Å². The zero-order chi connectivity index (χ0) is 22.3. The van der Waals surface area contributed by atoms with Crippen molar-refractivity contribution in [3.05, 3.63) is 59.7 Å². The molecule has 7 nitrogen and oxygen atoms in total. The van der Waals surface area contributed by atoms with E-state index in [2.05, 4.69) is 4.74 Å². The molecule has 0 fully saturated rings. The summed E-state index contributed by atoms with van der Waals surface area (Å²) >= 11 is 0. The van der Waals surface area contributed by atoms with Crippen molar-refractivity contribution in [3.63, 3.8) is 0 Å². The van der Waals surface area contributed by atoms with Gasteiger partial charge in [0, 0.05) is 20.2 Å². The van der Waals surface area contributed by atoms with Crippen LogP contribution in [0.2, 0.25) is 0 Å². The number of rotatable bonds is 9. The lowest BCUT2D eigenvalue weighted by atomic mass is 10.2. The van der Waals surface area contributed by atoms with Gasteiger partial charge < -0.3 is 14.2 Å². The van der Waals surface area contributed by atoms with Gasteiger partial charge in [0.2, 0.25) is 10.0 Å². The molecule has 0 bridgehead atoms. The Morgan fingerprint density at radius 1 is 1.13 bits per heavy atom. The van der Waals surface area contributed by atoms with Gasteiger partial charge in [0.1, 0.15) is 6.61 Å². The number of sulfonamides is 1. The maximum atomic E-state index is 12.4. The number of hydrogen-bond acceptors (Lipinski definition) is 6. The first kappa shape index (κ1) is 23.3. The van der Waals surface area contributed by atoms with Crippen LogP contribution in [0.1, 0.15) is 11.1 Å². The van der Waals surface area contributed by atoms with E-state index in [1.807, 2.05) is 0 Å². The van der Waals surface area contributed by atoms with Gasteiger partial charge in [-0.05, 0) is 41.5 Å². The van der Waals surface area contributed by atoms with Gasteiger partial charge in [0.15, 0.2) is 11.5 Å². The monoisotopic (exact) mass is 441 g/mol. The van der Waals surface area contributed by atoms with E-state index < -0.39 is 22.6 Å². The summed E-state index contributed by atoms with van der Waals surface area (Å²) in [4.78, 5) is 12.0. The fourth-order valence-electron chi connectivity index (χ4n) is 2.35. The minimum absolute atomic E-state index is 0.0877. The maximum absolute atomic E-state index is 12.4. The molecular formula is C20H21F2NO6S. The van der Waals surface area contributed by atoms with Crippen molar-refractivity contribution in [2.24, 2.45) is 0 Å². The highest BCUT2D eigenvalue weighted by Gasteiger charge is 2.17. The zero-order valence-corrected chi connectivity index (χ0v) is 17.4. The third kappa shape index (κ3) is 6.26. The number of esters is 1. The van der Waals surface area contributed by atoms with Crippen LogP contribution < -0.4 is 9.47 Å². The SMILES string of the molecule is COc1cc(C=CC(=O)OCc2cccc(S(=O)(=O)N(C)C)c2)ccc1OC(F)F. The summed E-state index contributed by atoms with van der Waals surface area (Å²) in [7, 11) is 0.563. The number of hydrogen-bond donors (Lipinski definition) is 0. The fraction of sp³-hybridized carbons (Fsp3) is 0.250. The highest BCUT2D eigenvalue weighted by Crippen LogP contribution is 2.29. The Bertz CT molecular complexity index is 1020. The lowest BCUT2D eigenvalue weighted by Crippen LogP contribution is -2.22. The van der Waals surface area contributed by atoms with E-state index in [-0.39, 0.29) is 23.0 Å². The lowest BCUT2D eigenvalue weighted by Gasteiger charge is -2.12. The van der Waals surface area contributed by atoms with Gasteiger partial charge in [-0.1, -0.05) is 18.2 Å². The van der Waals surface area contributed by atoms with Gasteiger partial charge >= 0.3 is 12.6 Å². The molecule has 2 aromatic rings. The van der Waals surface area contributed by atoms with Crippen molar-refractivity contribution in [1.82, 2.24) is 4.31 Å². The number of halogens is 2. The molecule has 162 valence electrons. The molecule has 2 aromatic carbocycles. The molecule has 0 spiro atoms. The molecule has 0 amide bonds. The highest BCUT2D eigenvalue weighted by molar-refractivity contribution is 7.89. The smallest absolute Gasteiger partial charge is 0.387 e. The molecule has 2 rings (SSSR count). The second kappa shape index (κ2) is 10.2. The van der Waals surface area contributed by atoms with Crippen LogP contribution in [0.4, 0.5) is 8.78 Å². The van der Waals surface area contributed by atoms with Crippen LogP contribution >= 0.6 is 0 Å². The number of carbonyl (C=O) groups excluding carboxylic acids is 1. The molecule has 0 aliphatic carbocycles. The largest absolute Gasteiger partial charge is 0.493 e. The minimum atomic E-state index is -3.59. The van der Waals surface area contributed by atoms with Gasteiger partial charge in [-0.25, -0.2) is 17.5 Å². The third-order valence-corrected chi connectivity index (χ3v) is 5.68. The predicted octanol–water partition coefficient (Wildman–Crippen LogP) is 3.30. The summed E-state index contributed by atoms with van der Waals surface area (Å²) < 4.78 is 64.6. The lowest BCUT2D eigenvalue weighted by molar-refractivity contribution is -0.138. The van der Waals surface area contributed by atoms with E-state index in [0.717, 1.165) is 10.4 Å². The zero-order valence-electron chi connectivity index (χ0n) is 16.5. The number of carbonyl (C=O) groups is 1. The van der Waals surface area contributed by atoms with E-state index in [1.165, 1.54) is 57.6 Å². The Morgan fingerprint density at radius 2 is 1.87 bits per heavy atom. The number of methoxy groups -OCH3 is 1. The van der Waals surface area contributed by atoms with Crippen molar-refractivity contribution >= 4 is 22.1 Å². The maximum Gasteiger partial charge on any atom is 0.387 e. The second-order valence-corrected chi connectivity index (χ2v) is 8.32. The number of alkyl halides is 2. The predicted molar refractivity (Wildman–Crippen MR) is 106 cm³/mol. The summed E-state index contributed by atoms with van der Waals surface area (Å²) in [5.74, 6) is -0.702. The first-order chi connectivity index (χ1) is 14.1. The van der Waals surface area contributed by atoms with Crippen molar-refractivity contribution in [1.29, 1.82) is 0 Å². The molecule has 0 radical (unpaired) electrons. The van der Waals surface area contributed by atoms with Gasteiger partial charge in [-0.15, -0.1) is 0 Å². The van der Waals surface area contributed by atoms with Crippen LogP contribution in [0, 0.1) is 0 Å². The van der Waals surface area contributed by atoms with E-state index in [1.54, 1.807) is 12.1 Å². The van der Waals surface area contributed by atoms with Crippen molar-refractivity contribution in [2.45, 2.75) is 18.1 Å². The van der Waals surface area contributed by atoms with Crippen LogP contribution in [0.3, 0.4) is 0 Å². The minimum Gasteiger partial charge on any atom is -0.493 e. The molecule has 0 aromatic heterocycles. The average Bonchev–Trinajstić information content (AvgIpc) is 2.71. The van der Waals surface area contributed by atoms with Crippen LogP contribution in [-0.4, -0.2) is 46.5 Å². The first-order valence-corrected chi connectivity index (χ1v) is 10.1.